The molecule has 27 heavy (non-hydrogen) atoms. The van der Waals surface area contributed by atoms with Crippen LogP contribution in [0.25, 0.3) is 0 Å². The molecule has 3 rings (SSSR count). The van der Waals surface area contributed by atoms with Crippen LogP contribution >= 0.6 is 23.2 Å². The summed E-state index contributed by atoms with van der Waals surface area (Å²) < 4.78 is 5.70. The van der Waals surface area contributed by atoms with Gasteiger partial charge in [-0.05, 0) is 59.7 Å². The first-order valence-electron chi connectivity index (χ1n) is 8.16. The molecule has 1 N–H and O–H groups in total. The molecule has 0 aliphatic rings. The van der Waals surface area contributed by atoms with Gasteiger partial charge in [-0.25, -0.2) is 5.43 Å². The van der Waals surface area contributed by atoms with Crippen molar-refractivity contribution in [3.05, 3.63) is 99.5 Å². The van der Waals surface area contributed by atoms with Crippen molar-refractivity contribution in [3.63, 3.8) is 0 Å². The second-order valence-corrected chi connectivity index (χ2v) is 6.57. The highest BCUT2D eigenvalue weighted by Gasteiger charge is 2.04. The van der Waals surface area contributed by atoms with E-state index in [2.05, 4.69) is 10.5 Å². The lowest BCUT2D eigenvalue weighted by atomic mass is 10.2. The Bertz CT molecular complexity index is 939. The number of carbonyl (C=O) groups is 1. The van der Waals surface area contributed by atoms with Crippen LogP contribution < -0.4 is 10.2 Å². The monoisotopic (exact) mass is 398 g/mol. The molecule has 0 radical (unpaired) electrons. The summed E-state index contributed by atoms with van der Waals surface area (Å²) in [4.78, 5) is 12.1. The number of benzene rings is 3. The van der Waals surface area contributed by atoms with E-state index in [1.165, 1.54) is 6.21 Å². The smallest absolute Gasteiger partial charge is 0.271 e. The molecular weight excluding hydrogens is 383 g/mol. The van der Waals surface area contributed by atoms with Gasteiger partial charge in [0.1, 0.15) is 12.4 Å². The summed E-state index contributed by atoms with van der Waals surface area (Å²) in [7, 11) is 0. The quantitative estimate of drug-likeness (QED) is 0.450. The maximum Gasteiger partial charge on any atom is 0.271 e. The minimum absolute atomic E-state index is 0.308. The topological polar surface area (TPSA) is 50.7 Å². The lowest BCUT2D eigenvalue weighted by Crippen LogP contribution is -2.17. The molecule has 3 aromatic rings. The van der Waals surface area contributed by atoms with Crippen LogP contribution in [0.3, 0.4) is 0 Å². The van der Waals surface area contributed by atoms with E-state index in [1.807, 2.05) is 36.4 Å². The molecule has 0 saturated heterocycles. The number of halogens is 2. The molecule has 0 fully saturated rings. The molecule has 1 amide bonds. The predicted molar refractivity (Wildman–Crippen MR) is 109 cm³/mol. The Morgan fingerprint density at radius 3 is 2.41 bits per heavy atom. The number of hydrazone groups is 1. The second kappa shape index (κ2) is 9.21. The maximum atomic E-state index is 12.1. The summed E-state index contributed by atoms with van der Waals surface area (Å²) in [5.41, 5.74) is 4.78. The molecule has 0 heterocycles. The average Bonchev–Trinajstić information content (AvgIpc) is 2.68. The van der Waals surface area contributed by atoms with Gasteiger partial charge in [0.25, 0.3) is 5.91 Å². The van der Waals surface area contributed by atoms with Gasteiger partial charge in [0.2, 0.25) is 0 Å². The summed E-state index contributed by atoms with van der Waals surface area (Å²) in [5.74, 6) is 0.362. The van der Waals surface area contributed by atoms with Crippen molar-refractivity contribution in [2.45, 2.75) is 6.61 Å². The molecule has 6 heteroatoms. The third-order valence-electron chi connectivity index (χ3n) is 3.66. The third-order valence-corrected chi connectivity index (χ3v) is 4.15. The fraction of sp³-hybridized carbons (Fsp3) is 0.0476. The van der Waals surface area contributed by atoms with Gasteiger partial charge in [-0.3, -0.25) is 4.79 Å². The van der Waals surface area contributed by atoms with Crippen LogP contribution in [0.1, 0.15) is 21.5 Å². The van der Waals surface area contributed by atoms with Gasteiger partial charge >= 0.3 is 0 Å². The Morgan fingerprint density at radius 2 is 1.70 bits per heavy atom. The summed E-state index contributed by atoms with van der Waals surface area (Å²) in [6, 6.07) is 21.5. The van der Waals surface area contributed by atoms with Crippen LogP contribution in [-0.4, -0.2) is 12.1 Å². The summed E-state index contributed by atoms with van der Waals surface area (Å²) in [5, 5.41) is 5.24. The number of ether oxygens (including phenoxy) is 1. The Labute approximate surface area is 167 Å². The van der Waals surface area contributed by atoms with Crippen molar-refractivity contribution in [2.75, 3.05) is 0 Å². The van der Waals surface area contributed by atoms with E-state index in [-0.39, 0.29) is 5.91 Å². The van der Waals surface area contributed by atoms with E-state index >= 15 is 0 Å². The normalized spacial score (nSPS) is 10.7. The highest BCUT2D eigenvalue weighted by molar-refractivity contribution is 6.31. The standard InChI is InChI=1S/C21H16Cl2N2O2/c22-18-8-4-15(5-9-18)14-27-20-10-6-17(7-11-20)21(26)25-24-13-16-2-1-3-19(23)12-16/h1-13H,14H2,(H,25,26)/b24-13+. The fourth-order valence-electron chi connectivity index (χ4n) is 2.27. The van der Waals surface area contributed by atoms with E-state index in [0.717, 1.165) is 11.1 Å². The molecule has 0 unspecified atom stereocenters. The number of carbonyl (C=O) groups excluding carboxylic acids is 1. The van der Waals surface area contributed by atoms with Gasteiger partial charge in [0.05, 0.1) is 6.21 Å². The SMILES string of the molecule is O=C(N/N=C/c1cccc(Cl)c1)c1ccc(OCc2ccc(Cl)cc2)cc1. The Kier molecular flexibility index (Phi) is 6.47. The van der Waals surface area contributed by atoms with Gasteiger partial charge in [0.15, 0.2) is 0 Å². The molecule has 0 atom stereocenters. The zero-order valence-corrected chi connectivity index (χ0v) is 15.7. The lowest BCUT2D eigenvalue weighted by Gasteiger charge is -2.07. The first-order chi connectivity index (χ1) is 13.1. The van der Waals surface area contributed by atoms with Gasteiger partial charge in [-0.2, -0.15) is 5.10 Å². The fourth-order valence-corrected chi connectivity index (χ4v) is 2.59. The third kappa shape index (κ3) is 5.84. The van der Waals surface area contributed by atoms with E-state index in [9.17, 15) is 4.79 Å². The van der Waals surface area contributed by atoms with Crippen molar-refractivity contribution < 1.29 is 9.53 Å². The largest absolute Gasteiger partial charge is 0.489 e. The number of rotatable bonds is 6. The van der Waals surface area contributed by atoms with Crippen LogP contribution in [0.5, 0.6) is 5.75 Å². The number of hydrogen-bond donors (Lipinski definition) is 1. The first-order valence-corrected chi connectivity index (χ1v) is 8.92. The van der Waals surface area contributed by atoms with E-state index in [0.29, 0.717) is 28.0 Å². The van der Waals surface area contributed by atoms with Gasteiger partial charge < -0.3 is 4.74 Å². The molecule has 4 nitrogen and oxygen atoms in total. The summed E-state index contributed by atoms with van der Waals surface area (Å²) in [6.07, 6.45) is 1.54. The molecule has 0 aromatic heterocycles. The van der Waals surface area contributed by atoms with Gasteiger partial charge in [0, 0.05) is 15.6 Å². The zero-order chi connectivity index (χ0) is 19.1. The van der Waals surface area contributed by atoms with Crippen LogP contribution in [0, 0.1) is 0 Å². The first kappa shape index (κ1) is 19.0. The highest BCUT2D eigenvalue weighted by atomic mass is 35.5. The maximum absolute atomic E-state index is 12.1. The predicted octanol–water partition coefficient (Wildman–Crippen LogP) is 5.34. The second-order valence-electron chi connectivity index (χ2n) is 5.69. The number of hydrogen-bond acceptors (Lipinski definition) is 3. The Balaban J connectivity index is 1.53. The van der Waals surface area contributed by atoms with E-state index in [4.69, 9.17) is 27.9 Å². The number of nitrogens with one attached hydrogen (secondary N) is 1. The molecule has 3 aromatic carbocycles. The van der Waals surface area contributed by atoms with Crippen LogP contribution in [0.15, 0.2) is 77.9 Å². The van der Waals surface area contributed by atoms with Crippen molar-refractivity contribution in [2.24, 2.45) is 5.10 Å². The summed E-state index contributed by atoms with van der Waals surface area (Å²) in [6.45, 7) is 0.423. The molecular formula is C21H16Cl2N2O2. The minimum atomic E-state index is -0.308. The molecule has 0 saturated carbocycles. The molecule has 0 aliphatic carbocycles. The summed E-state index contributed by atoms with van der Waals surface area (Å²) >= 11 is 11.8. The Morgan fingerprint density at radius 1 is 0.963 bits per heavy atom. The van der Waals surface area contributed by atoms with Crippen molar-refractivity contribution in [1.82, 2.24) is 5.43 Å². The van der Waals surface area contributed by atoms with E-state index in [1.54, 1.807) is 36.4 Å². The molecule has 0 aliphatic heterocycles. The molecule has 136 valence electrons. The van der Waals surface area contributed by atoms with Crippen LogP contribution in [0.4, 0.5) is 0 Å². The van der Waals surface area contributed by atoms with Crippen molar-refractivity contribution in [3.8, 4) is 5.75 Å². The zero-order valence-electron chi connectivity index (χ0n) is 14.2. The van der Waals surface area contributed by atoms with Crippen molar-refractivity contribution >= 4 is 35.3 Å². The van der Waals surface area contributed by atoms with Crippen LogP contribution in [0.2, 0.25) is 10.0 Å². The Hall–Kier alpha value is -2.82. The van der Waals surface area contributed by atoms with Crippen molar-refractivity contribution in [1.29, 1.82) is 0 Å². The van der Waals surface area contributed by atoms with Crippen LogP contribution in [-0.2, 0) is 6.61 Å². The minimum Gasteiger partial charge on any atom is -0.489 e. The number of nitrogens with zero attached hydrogens (tertiary/aromatic N) is 1. The van der Waals surface area contributed by atoms with Gasteiger partial charge in [-0.1, -0.05) is 47.5 Å². The van der Waals surface area contributed by atoms with E-state index < -0.39 is 0 Å². The number of amides is 1. The molecule has 0 bridgehead atoms. The average molecular weight is 399 g/mol. The molecule has 0 spiro atoms. The highest BCUT2D eigenvalue weighted by Crippen LogP contribution is 2.16. The van der Waals surface area contributed by atoms with Gasteiger partial charge in [-0.15, -0.1) is 0 Å². The lowest BCUT2D eigenvalue weighted by molar-refractivity contribution is 0.0955.